The van der Waals surface area contributed by atoms with Crippen molar-refractivity contribution in [3.63, 3.8) is 0 Å². The summed E-state index contributed by atoms with van der Waals surface area (Å²) >= 11 is 0. The summed E-state index contributed by atoms with van der Waals surface area (Å²) in [6, 6.07) is 17.6. The van der Waals surface area contributed by atoms with E-state index in [0.29, 0.717) is 19.0 Å². The topological polar surface area (TPSA) is 41.6 Å². The zero-order valence-electron chi connectivity index (χ0n) is 15.7. The van der Waals surface area contributed by atoms with E-state index in [4.69, 9.17) is 4.74 Å². The maximum absolute atomic E-state index is 11.4. The van der Waals surface area contributed by atoms with Crippen LogP contribution in [0.3, 0.4) is 0 Å². The number of carbonyl (C=O) groups is 1. The van der Waals surface area contributed by atoms with E-state index in [1.54, 1.807) is 0 Å². The van der Waals surface area contributed by atoms with Gasteiger partial charge >= 0.3 is 0 Å². The van der Waals surface area contributed by atoms with Gasteiger partial charge in [0.1, 0.15) is 0 Å². The molecule has 4 heteroatoms. The average Bonchev–Trinajstić information content (AvgIpc) is 2.72. The third-order valence-corrected chi connectivity index (χ3v) is 5.06. The quantitative estimate of drug-likeness (QED) is 0.860. The largest absolute Gasteiger partial charge is 0.379 e. The van der Waals surface area contributed by atoms with Gasteiger partial charge in [-0.3, -0.25) is 9.69 Å². The number of rotatable bonds is 6. The number of morpholine rings is 1. The lowest BCUT2D eigenvalue weighted by Gasteiger charge is -2.32. The van der Waals surface area contributed by atoms with Gasteiger partial charge in [0.05, 0.1) is 13.2 Å². The molecule has 0 bridgehead atoms. The van der Waals surface area contributed by atoms with Gasteiger partial charge in [0.25, 0.3) is 0 Å². The van der Waals surface area contributed by atoms with Gasteiger partial charge in [-0.25, -0.2) is 0 Å². The van der Waals surface area contributed by atoms with Gasteiger partial charge in [0.2, 0.25) is 5.91 Å². The molecule has 1 heterocycles. The molecule has 3 rings (SSSR count). The normalized spacial score (nSPS) is 16.2. The van der Waals surface area contributed by atoms with Crippen molar-refractivity contribution in [3.8, 4) is 11.1 Å². The molecule has 0 saturated carbocycles. The monoisotopic (exact) mass is 352 g/mol. The van der Waals surface area contributed by atoms with Crippen LogP contribution in [0.25, 0.3) is 11.1 Å². The molecule has 26 heavy (non-hydrogen) atoms. The first kappa shape index (κ1) is 18.6. The molecule has 4 nitrogen and oxygen atoms in total. The summed E-state index contributed by atoms with van der Waals surface area (Å²) in [6.45, 7) is 8.34. The minimum Gasteiger partial charge on any atom is -0.379 e. The van der Waals surface area contributed by atoms with E-state index >= 15 is 0 Å². The number of amides is 1. The Morgan fingerprint density at radius 3 is 2.54 bits per heavy atom. The summed E-state index contributed by atoms with van der Waals surface area (Å²) in [5, 5.41) is 2.93. The van der Waals surface area contributed by atoms with Crippen molar-refractivity contribution in [1.29, 1.82) is 0 Å². The fourth-order valence-corrected chi connectivity index (χ4v) is 3.32. The van der Waals surface area contributed by atoms with Gasteiger partial charge in [0, 0.05) is 32.1 Å². The molecule has 0 aromatic heterocycles. The van der Waals surface area contributed by atoms with Crippen molar-refractivity contribution < 1.29 is 9.53 Å². The molecule has 1 aliphatic heterocycles. The van der Waals surface area contributed by atoms with Crippen LogP contribution in [0.1, 0.15) is 37.4 Å². The van der Waals surface area contributed by atoms with Gasteiger partial charge < -0.3 is 10.1 Å². The van der Waals surface area contributed by atoms with Crippen LogP contribution in [0.2, 0.25) is 0 Å². The standard InChI is InChI=1S/C22H28N2O2/c1-3-22(25)23-16-18-5-4-6-21(15-18)20-9-7-19(8-10-20)17(2)24-11-13-26-14-12-24/h4-10,15,17H,3,11-14,16H2,1-2H3,(H,23,25)/t17-/m0/s1. The van der Waals surface area contributed by atoms with E-state index in [1.165, 1.54) is 16.7 Å². The molecule has 2 aromatic rings. The predicted molar refractivity (Wildman–Crippen MR) is 105 cm³/mol. The van der Waals surface area contributed by atoms with Crippen molar-refractivity contribution in [2.24, 2.45) is 0 Å². The second-order valence-electron chi connectivity index (χ2n) is 6.78. The number of hydrogen-bond acceptors (Lipinski definition) is 3. The third kappa shape index (κ3) is 4.71. The van der Waals surface area contributed by atoms with E-state index in [2.05, 4.69) is 53.5 Å². The molecule has 1 N–H and O–H groups in total. The Morgan fingerprint density at radius 2 is 1.85 bits per heavy atom. The van der Waals surface area contributed by atoms with Crippen molar-refractivity contribution in [2.45, 2.75) is 32.9 Å². The maximum atomic E-state index is 11.4. The first-order valence-electron chi connectivity index (χ1n) is 9.45. The molecule has 0 unspecified atom stereocenters. The van der Waals surface area contributed by atoms with Crippen LogP contribution in [0.4, 0.5) is 0 Å². The molecular weight excluding hydrogens is 324 g/mol. The zero-order chi connectivity index (χ0) is 18.4. The van der Waals surface area contributed by atoms with Crippen LogP contribution in [0.15, 0.2) is 48.5 Å². The van der Waals surface area contributed by atoms with E-state index in [1.807, 2.05) is 19.1 Å². The van der Waals surface area contributed by atoms with Crippen LogP contribution in [0.5, 0.6) is 0 Å². The molecular formula is C22H28N2O2. The Morgan fingerprint density at radius 1 is 1.12 bits per heavy atom. The molecule has 0 spiro atoms. The summed E-state index contributed by atoms with van der Waals surface area (Å²) in [5.41, 5.74) is 4.84. The highest BCUT2D eigenvalue weighted by molar-refractivity contribution is 5.75. The smallest absolute Gasteiger partial charge is 0.219 e. The second-order valence-corrected chi connectivity index (χ2v) is 6.78. The van der Waals surface area contributed by atoms with Gasteiger partial charge in [-0.2, -0.15) is 0 Å². The van der Waals surface area contributed by atoms with Crippen LogP contribution >= 0.6 is 0 Å². The van der Waals surface area contributed by atoms with E-state index < -0.39 is 0 Å². The summed E-state index contributed by atoms with van der Waals surface area (Å²) in [5.74, 6) is 0.0804. The Bertz CT molecular complexity index is 721. The van der Waals surface area contributed by atoms with Gasteiger partial charge in [-0.05, 0) is 35.2 Å². The number of hydrogen-bond donors (Lipinski definition) is 1. The summed E-state index contributed by atoms with van der Waals surface area (Å²) in [4.78, 5) is 13.9. The molecule has 1 fully saturated rings. The average molecular weight is 352 g/mol. The Labute approximate surface area is 156 Å². The fraction of sp³-hybridized carbons (Fsp3) is 0.409. The number of benzene rings is 2. The minimum atomic E-state index is 0.0804. The summed E-state index contributed by atoms with van der Waals surface area (Å²) in [7, 11) is 0. The molecule has 138 valence electrons. The van der Waals surface area contributed by atoms with Gasteiger partial charge in [-0.1, -0.05) is 49.4 Å². The molecule has 1 saturated heterocycles. The lowest BCUT2D eigenvalue weighted by Crippen LogP contribution is -2.37. The minimum absolute atomic E-state index is 0.0804. The third-order valence-electron chi connectivity index (χ3n) is 5.06. The summed E-state index contributed by atoms with van der Waals surface area (Å²) in [6.07, 6.45) is 0.516. The molecule has 1 atom stereocenters. The van der Waals surface area contributed by atoms with Gasteiger partial charge in [0.15, 0.2) is 0 Å². The molecule has 2 aromatic carbocycles. The predicted octanol–water partition coefficient (Wildman–Crippen LogP) is 3.77. The maximum Gasteiger partial charge on any atom is 0.219 e. The van der Waals surface area contributed by atoms with E-state index in [9.17, 15) is 4.79 Å². The van der Waals surface area contributed by atoms with Crippen LogP contribution in [0, 0.1) is 0 Å². The van der Waals surface area contributed by atoms with E-state index in [0.717, 1.165) is 31.9 Å². The van der Waals surface area contributed by atoms with Crippen molar-refractivity contribution in [3.05, 3.63) is 59.7 Å². The number of carbonyl (C=O) groups excluding carboxylic acids is 1. The highest BCUT2D eigenvalue weighted by atomic mass is 16.5. The zero-order valence-corrected chi connectivity index (χ0v) is 15.7. The second kappa shape index (κ2) is 8.97. The van der Waals surface area contributed by atoms with Gasteiger partial charge in [-0.15, -0.1) is 0 Å². The SMILES string of the molecule is CCC(=O)NCc1cccc(-c2ccc([C@H](C)N3CCOCC3)cc2)c1. The molecule has 1 amide bonds. The first-order chi connectivity index (χ1) is 12.7. The number of nitrogens with zero attached hydrogens (tertiary/aromatic N) is 1. The molecule has 0 radical (unpaired) electrons. The number of nitrogens with one attached hydrogen (secondary N) is 1. The molecule has 0 aliphatic carbocycles. The number of ether oxygens (including phenoxy) is 1. The lowest BCUT2D eigenvalue weighted by atomic mass is 9.99. The lowest BCUT2D eigenvalue weighted by molar-refractivity contribution is -0.120. The highest BCUT2D eigenvalue weighted by Crippen LogP contribution is 2.26. The summed E-state index contributed by atoms with van der Waals surface area (Å²) < 4.78 is 5.45. The van der Waals surface area contributed by atoms with Crippen molar-refractivity contribution in [1.82, 2.24) is 10.2 Å². The fourth-order valence-electron chi connectivity index (χ4n) is 3.32. The van der Waals surface area contributed by atoms with E-state index in [-0.39, 0.29) is 5.91 Å². The first-order valence-corrected chi connectivity index (χ1v) is 9.45. The molecule has 1 aliphatic rings. The Balaban J connectivity index is 1.69. The van der Waals surface area contributed by atoms with Crippen LogP contribution in [-0.2, 0) is 16.1 Å². The van der Waals surface area contributed by atoms with Crippen LogP contribution < -0.4 is 5.32 Å². The Kier molecular flexibility index (Phi) is 6.42. The van der Waals surface area contributed by atoms with Crippen LogP contribution in [-0.4, -0.2) is 37.1 Å². The highest BCUT2D eigenvalue weighted by Gasteiger charge is 2.18. The Hall–Kier alpha value is -2.17. The van der Waals surface area contributed by atoms with Crippen molar-refractivity contribution in [2.75, 3.05) is 26.3 Å². The van der Waals surface area contributed by atoms with Crippen molar-refractivity contribution >= 4 is 5.91 Å².